The van der Waals surface area contributed by atoms with Crippen LogP contribution >= 0.6 is 0 Å². The normalized spacial score (nSPS) is 14.9. The van der Waals surface area contributed by atoms with Gasteiger partial charge in [0.15, 0.2) is 5.76 Å². The van der Waals surface area contributed by atoms with Crippen molar-refractivity contribution in [1.82, 2.24) is 4.90 Å². The number of carbonyl (C=O) groups excluding carboxylic acids is 2. The topological polar surface area (TPSA) is 66.8 Å². The predicted octanol–water partition coefficient (Wildman–Crippen LogP) is 3.15. The molecule has 1 N–H and O–H groups in total. The van der Waals surface area contributed by atoms with Crippen LogP contribution in [0, 0.1) is 13.8 Å². The maximum absolute atomic E-state index is 12.5. The summed E-state index contributed by atoms with van der Waals surface area (Å²) in [5, 5.41) is 10.1. The Morgan fingerprint density at radius 2 is 1.75 bits per heavy atom. The molecule has 5 nitrogen and oxygen atoms in total. The lowest BCUT2D eigenvalue weighted by Crippen LogP contribution is -2.33. The minimum Gasteiger partial charge on any atom is -0.502 e. The van der Waals surface area contributed by atoms with E-state index in [2.05, 4.69) is 6.92 Å². The van der Waals surface area contributed by atoms with Crippen molar-refractivity contribution in [3.8, 4) is 0 Å². The standard InChI is InChI=1S/C19H25NO4/c1-4-5-10-24-11-6-9-20-18(22)16(17(21)19(20)23)15-8-7-13(2)14(3)12-15/h7-8,12,21H,4-6,9-11H2,1-3H3. The Morgan fingerprint density at radius 1 is 1.04 bits per heavy atom. The first-order valence-electron chi connectivity index (χ1n) is 8.42. The summed E-state index contributed by atoms with van der Waals surface area (Å²) in [5.74, 6) is -1.52. The van der Waals surface area contributed by atoms with Crippen LogP contribution < -0.4 is 0 Å². The average molecular weight is 331 g/mol. The summed E-state index contributed by atoms with van der Waals surface area (Å²) in [6.07, 6.45) is 2.63. The SMILES string of the molecule is CCCCOCCCN1C(=O)C(O)=C(c2ccc(C)c(C)c2)C1=O. The molecule has 0 fully saturated rings. The number of aliphatic hydroxyl groups is 1. The highest BCUT2D eigenvalue weighted by molar-refractivity contribution is 6.34. The highest BCUT2D eigenvalue weighted by atomic mass is 16.5. The number of aliphatic hydroxyl groups excluding tert-OH is 1. The van der Waals surface area contributed by atoms with Gasteiger partial charge in [-0.3, -0.25) is 14.5 Å². The molecule has 24 heavy (non-hydrogen) atoms. The number of benzene rings is 1. The maximum atomic E-state index is 12.5. The van der Waals surface area contributed by atoms with Gasteiger partial charge in [0.25, 0.3) is 11.8 Å². The van der Waals surface area contributed by atoms with Crippen LogP contribution in [0.15, 0.2) is 24.0 Å². The van der Waals surface area contributed by atoms with E-state index in [1.807, 2.05) is 26.0 Å². The van der Waals surface area contributed by atoms with Crippen LogP contribution in [0.5, 0.6) is 0 Å². The van der Waals surface area contributed by atoms with Gasteiger partial charge in [-0.2, -0.15) is 0 Å². The molecule has 0 aromatic heterocycles. The van der Waals surface area contributed by atoms with Crippen molar-refractivity contribution in [1.29, 1.82) is 0 Å². The Kier molecular flexibility index (Phi) is 6.15. The molecule has 0 bridgehead atoms. The van der Waals surface area contributed by atoms with Crippen LogP contribution in [0.1, 0.15) is 42.9 Å². The van der Waals surface area contributed by atoms with Gasteiger partial charge in [-0.25, -0.2) is 0 Å². The molecule has 1 heterocycles. The number of rotatable bonds is 8. The van der Waals surface area contributed by atoms with E-state index in [0.717, 1.165) is 28.9 Å². The molecule has 0 radical (unpaired) electrons. The Bertz CT molecular complexity index is 663. The van der Waals surface area contributed by atoms with Gasteiger partial charge in [0, 0.05) is 19.8 Å². The third-order valence-electron chi connectivity index (χ3n) is 4.25. The van der Waals surface area contributed by atoms with Gasteiger partial charge in [-0.05, 0) is 43.4 Å². The number of carbonyl (C=O) groups is 2. The van der Waals surface area contributed by atoms with E-state index >= 15 is 0 Å². The second-order valence-corrected chi connectivity index (χ2v) is 6.10. The van der Waals surface area contributed by atoms with Gasteiger partial charge in [0.2, 0.25) is 0 Å². The first-order valence-corrected chi connectivity index (χ1v) is 8.42. The molecule has 0 unspecified atom stereocenters. The fourth-order valence-electron chi connectivity index (χ4n) is 2.60. The van der Waals surface area contributed by atoms with Crippen molar-refractivity contribution in [3.63, 3.8) is 0 Å². The number of hydrogen-bond acceptors (Lipinski definition) is 4. The average Bonchev–Trinajstić information content (AvgIpc) is 2.76. The number of imide groups is 1. The van der Waals surface area contributed by atoms with Crippen LogP contribution in [-0.2, 0) is 14.3 Å². The monoisotopic (exact) mass is 331 g/mol. The highest BCUT2D eigenvalue weighted by Crippen LogP contribution is 2.29. The molecule has 0 spiro atoms. The van der Waals surface area contributed by atoms with E-state index < -0.39 is 17.6 Å². The predicted molar refractivity (Wildman–Crippen MR) is 92.5 cm³/mol. The van der Waals surface area contributed by atoms with Crippen molar-refractivity contribution < 1.29 is 19.4 Å². The minimum absolute atomic E-state index is 0.0926. The summed E-state index contributed by atoms with van der Waals surface area (Å²) in [6, 6.07) is 5.47. The lowest BCUT2D eigenvalue weighted by atomic mass is 10.00. The second kappa shape index (κ2) is 8.11. The number of hydrogen-bond donors (Lipinski definition) is 1. The van der Waals surface area contributed by atoms with Crippen LogP contribution in [0.25, 0.3) is 5.57 Å². The number of nitrogens with zero attached hydrogens (tertiary/aromatic N) is 1. The summed E-state index contributed by atoms with van der Waals surface area (Å²) in [4.78, 5) is 25.8. The summed E-state index contributed by atoms with van der Waals surface area (Å²) in [6.45, 7) is 7.44. The Balaban J connectivity index is 2.03. The molecule has 5 heteroatoms. The Labute approximate surface area is 142 Å². The summed E-state index contributed by atoms with van der Waals surface area (Å²) < 4.78 is 5.45. The lowest BCUT2D eigenvalue weighted by Gasteiger charge is -2.14. The smallest absolute Gasteiger partial charge is 0.296 e. The van der Waals surface area contributed by atoms with Gasteiger partial charge in [-0.1, -0.05) is 31.5 Å². The number of unbranched alkanes of at least 4 members (excludes halogenated alkanes) is 1. The fourth-order valence-corrected chi connectivity index (χ4v) is 2.60. The maximum Gasteiger partial charge on any atom is 0.296 e. The molecule has 2 rings (SSSR count). The van der Waals surface area contributed by atoms with Crippen LogP contribution in [-0.4, -0.2) is 41.6 Å². The largest absolute Gasteiger partial charge is 0.502 e. The number of aryl methyl sites for hydroxylation is 2. The molecule has 1 aromatic carbocycles. The molecule has 2 amide bonds. The zero-order chi connectivity index (χ0) is 17.7. The van der Waals surface area contributed by atoms with Gasteiger partial charge in [0.1, 0.15) is 0 Å². The van der Waals surface area contributed by atoms with Crippen LogP contribution in [0.2, 0.25) is 0 Å². The first kappa shape index (κ1) is 18.2. The van der Waals surface area contributed by atoms with Gasteiger partial charge in [0.05, 0.1) is 5.57 Å². The molecule has 0 aliphatic carbocycles. The molecule has 1 aromatic rings. The van der Waals surface area contributed by atoms with Crippen molar-refractivity contribution >= 4 is 17.4 Å². The molecule has 0 saturated heterocycles. The first-order chi connectivity index (χ1) is 11.5. The molecule has 1 aliphatic rings. The second-order valence-electron chi connectivity index (χ2n) is 6.10. The molecular formula is C19H25NO4. The molecule has 0 saturated carbocycles. The molecule has 1 aliphatic heterocycles. The third-order valence-corrected chi connectivity index (χ3v) is 4.25. The van der Waals surface area contributed by atoms with Crippen molar-refractivity contribution in [2.75, 3.05) is 19.8 Å². The Hall–Kier alpha value is -2.14. The quantitative estimate of drug-likeness (QED) is 0.587. The number of ether oxygens (including phenoxy) is 1. The third kappa shape index (κ3) is 3.85. The van der Waals surface area contributed by atoms with Gasteiger partial charge in [-0.15, -0.1) is 0 Å². The zero-order valence-corrected chi connectivity index (χ0v) is 14.6. The van der Waals surface area contributed by atoms with E-state index in [0.29, 0.717) is 25.2 Å². The number of amides is 2. The molecule has 130 valence electrons. The van der Waals surface area contributed by atoms with Gasteiger partial charge < -0.3 is 9.84 Å². The Morgan fingerprint density at radius 3 is 2.42 bits per heavy atom. The van der Waals surface area contributed by atoms with E-state index in [9.17, 15) is 14.7 Å². The van der Waals surface area contributed by atoms with Crippen LogP contribution in [0.4, 0.5) is 0 Å². The van der Waals surface area contributed by atoms with Crippen molar-refractivity contribution in [2.24, 2.45) is 0 Å². The fraction of sp³-hybridized carbons (Fsp3) is 0.474. The lowest BCUT2D eigenvalue weighted by molar-refractivity contribution is -0.138. The van der Waals surface area contributed by atoms with E-state index in [4.69, 9.17) is 4.74 Å². The minimum atomic E-state index is -0.623. The van der Waals surface area contributed by atoms with E-state index in [1.165, 1.54) is 0 Å². The molecule has 0 atom stereocenters. The summed E-state index contributed by atoms with van der Waals surface area (Å²) >= 11 is 0. The zero-order valence-electron chi connectivity index (χ0n) is 14.6. The molecular weight excluding hydrogens is 306 g/mol. The summed E-state index contributed by atoms with van der Waals surface area (Å²) in [7, 11) is 0. The van der Waals surface area contributed by atoms with Crippen LogP contribution in [0.3, 0.4) is 0 Å². The highest BCUT2D eigenvalue weighted by Gasteiger charge is 2.38. The van der Waals surface area contributed by atoms with Gasteiger partial charge >= 0.3 is 0 Å². The van der Waals surface area contributed by atoms with Crippen molar-refractivity contribution in [3.05, 3.63) is 40.6 Å². The van der Waals surface area contributed by atoms with E-state index in [1.54, 1.807) is 6.07 Å². The van der Waals surface area contributed by atoms with Crippen molar-refractivity contribution in [2.45, 2.75) is 40.0 Å². The van der Waals surface area contributed by atoms with E-state index in [-0.39, 0.29) is 12.1 Å². The summed E-state index contributed by atoms with van der Waals surface area (Å²) in [5.41, 5.74) is 2.78.